The molecule has 0 radical (unpaired) electrons. The Hall–Kier alpha value is -2.68. The van der Waals surface area contributed by atoms with Gasteiger partial charge in [0, 0.05) is 12.1 Å². The molecule has 0 saturated carbocycles. The molecule has 1 rings (SSSR count). The van der Waals surface area contributed by atoms with E-state index >= 15 is 0 Å². The van der Waals surface area contributed by atoms with Crippen LogP contribution < -0.4 is 5.32 Å². The molecule has 9 heteroatoms. The Morgan fingerprint density at radius 1 is 1.38 bits per heavy atom. The molecule has 0 aromatic heterocycles. The van der Waals surface area contributed by atoms with E-state index in [9.17, 15) is 19.7 Å². The fraction of sp³-hybridized carbons (Fsp3) is 0.333. The van der Waals surface area contributed by atoms with Crippen molar-refractivity contribution in [2.75, 3.05) is 13.7 Å². The summed E-state index contributed by atoms with van der Waals surface area (Å²) in [6.45, 7) is -0.761. The van der Waals surface area contributed by atoms with Crippen molar-refractivity contribution in [1.82, 2.24) is 5.32 Å². The zero-order valence-corrected chi connectivity index (χ0v) is 11.1. The molecule has 0 aliphatic carbocycles. The standard InChI is InChI=1S/C12H14N2O7/c1-20-11(16)10(6-15)13-12(17)21-7-8-2-4-9(5-3-8)14(18)19/h2-5,10,15H,6-7H2,1H3,(H,13,17)/t10-/m0/s1. The van der Waals surface area contributed by atoms with E-state index in [2.05, 4.69) is 10.1 Å². The maximum Gasteiger partial charge on any atom is 0.408 e. The number of ether oxygens (including phenoxy) is 2. The van der Waals surface area contributed by atoms with Crippen LogP contribution in [0.4, 0.5) is 10.5 Å². The van der Waals surface area contributed by atoms with Crippen LogP contribution in [0.1, 0.15) is 5.56 Å². The molecule has 21 heavy (non-hydrogen) atoms. The summed E-state index contributed by atoms with van der Waals surface area (Å²) >= 11 is 0. The van der Waals surface area contributed by atoms with Crippen molar-refractivity contribution in [2.45, 2.75) is 12.6 Å². The lowest BCUT2D eigenvalue weighted by Gasteiger charge is -2.13. The molecule has 2 N–H and O–H groups in total. The number of methoxy groups -OCH3 is 1. The molecule has 0 unspecified atom stereocenters. The van der Waals surface area contributed by atoms with Crippen LogP contribution in [0.3, 0.4) is 0 Å². The van der Waals surface area contributed by atoms with E-state index in [1.165, 1.54) is 24.3 Å². The quantitative estimate of drug-likeness (QED) is 0.440. The predicted molar refractivity (Wildman–Crippen MR) is 69.3 cm³/mol. The lowest BCUT2D eigenvalue weighted by atomic mass is 10.2. The van der Waals surface area contributed by atoms with E-state index in [4.69, 9.17) is 9.84 Å². The van der Waals surface area contributed by atoms with Crippen LogP contribution >= 0.6 is 0 Å². The number of amides is 1. The van der Waals surface area contributed by atoms with Gasteiger partial charge in [0.15, 0.2) is 6.04 Å². The smallest absolute Gasteiger partial charge is 0.408 e. The van der Waals surface area contributed by atoms with Crippen LogP contribution in [0.15, 0.2) is 24.3 Å². The van der Waals surface area contributed by atoms with Gasteiger partial charge in [0.2, 0.25) is 0 Å². The van der Waals surface area contributed by atoms with E-state index in [-0.39, 0.29) is 12.3 Å². The number of rotatable bonds is 6. The summed E-state index contributed by atoms with van der Waals surface area (Å²) < 4.78 is 9.19. The van der Waals surface area contributed by atoms with Gasteiger partial charge in [-0.2, -0.15) is 0 Å². The van der Waals surface area contributed by atoms with Crippen LogP contribution in [0.25, 0.3) is 0 Å². The number of aliphatic hydroxyl groups excluding tert-OH is 1. The third-order valence-electron chi connectivity index (χ3n) is 2.48. The summed E-state index contributed by atoms with van der Waals surface area (Å²) in [5.74, 6) is -0.801. The Balaban J connectivity index is 2.49. The minimum absolute atomic E-state index is 0.0748. The molecule has 114 valence electrons. The average Bonchev–Trinajstić information content (AvgIpc) is 2.50. The third-order valence-corrected chi connectivity index (χ3v) is 2.48. The van der Waals surface area contributed by atoms with Crippen molar-refractivity contribution in [3.05, 3.63) is 39.9 Å². The first kappa shape index (κ1) is 16.4. The number of nitro benzene ring substituents is 1. The number of hydrogen-bond acceptors (Lipinski definition) is 7. The number of carbonyl (C=O) groups excluding carboxylic acids is 2. The fourth-order valence-electron chi connectivity index (χ4n) is 1.37. The first-order valence-electron chi connectivity index (χ1n) is 5.83. The normalized spacial score (nSPS) is 11.3. The highest BCUT2D eigenvalue weighted by Crippen LogP contribution is 2.12. The van der Waals surface area contributed by atoms with Crippen molar-refractivity contribution < 1.29 is 29.1 Å². The van der Waals surface area contributed by atoms with E-state index in [0.29, 0.717) is 5.56 Å². The van der Waals surface area contributed by atoms with Gasteiger partial charge < -0.3 is 19.9 Å². The predicted octanol–water partition coefficient (Wildman–Crippen LogP) is 0.355. The number of carbonyl (C=O) groups is 2. The van der Waals surface area contributed by atoms with E-state index in [1.807, 2.05) is 0 Å². The third kappa shape index (κ3) is 5.07. The van der Waals surface area contributed by atoms with Gasteiger partial charge in [0.1, 0.15) is 6.61 Å². The molecule has 0 bridgehead atoms. The minimum atomic E-state index is -1.21. The van der Waals surface area contributed by atoms with Crippen LogP contribution in [-0.2, 0) is 20.9 Å². The maximum absolute atomic E-state index is 11.4. The Labute approximate surface area is 119 Å². The monoisotopic (exact) mass is 298 g/mol. The van der Waals surface area contributed by atoms with Crippen molar-refractivity contribution in [3.8, 4) is 0 Å². The zero-order chi connectivity index (χ0) is 15.8. The average molecular weight is 298 g/mol. The molecule has 0 aliphatic heterocycles. The number of nitro groups is 1. The topological polar surface area (TPSA) is 128 Å². The molecule has 0 fully saturated rings. The Morgan fingerprint density at radius 2 is 2.00 bits per heavy atom. The van der Waals surface area contributed by atoms with Crippen LogP contribution in [-0.4, -0.2) is 41.9 Å². The second-order valence-electron chi connectivity index (χ2n) is 3.90. The largest absolute Gasteiger partial charge is 0.467 e. The summed E-state index contributed by atoms with van der Waals surface area (Å²) in [6.07, 6.45) is -0.919. The molecule has 0 aliphatic rings. The van der Waals surface area contributed by atoms with Gasteiger partial charge >= 0.3 is 12.1 Å². The van der Waals surface area contributed by atoms with Crippen molar-refractivity contribution >= 4 is 17.7 Å². The van der Waals surface area contributed by atoms with Gasteiger partial charge in [0.05, 0.1) is 18.6 Å². The number of benzene rings is 1. The molecule has 0 saturated heterocycles. The Bertz CT molecular complexity index is 515. The van der Waals surface area contributed by atoms with Crippen molar-refractivity contribution in [3.63, 3.8) is 0 Å². The summed E-state index contributed by atoms with van der Waals surface area (Å²) in [4.78, 5) is 32.5. The van der Waals surface area contributed by atoms with E-state index in [1.54, 1.807) is 0 Å². The highest BCUT2D eigenvalue weighted by Gasteiger charge is 2.21. The first-order chi connectivity index (χ1) is 9.97. The van der Waals surface area contributed by atoms with Gasteiger partial charge in [-0.15, -0.1) is 0 Å². The highest BCUT2D eigenvalue weighted by molar-refractivity contribution is 5.81. The van der Waals surface area contributed by atoms with E-state index in [0.717, 1.165) is 7.11 Å². The molecule has 1 aromatic carbocycles. The minimum Gasteiger partial charge on any atom is -0.467 e. The lowest BCUT2D eigenvalue weighted by molar-refractivity contribution is -0.384. The van der Waals surface area contributed by atoms with Gasteiger partial charge in [-0.3, -0.25) is 10.1 Å². The maximum atomic E-state index is 11.4. The molecular formula is C12H14N2O7. The SMILES string of the molecule is COC(=O)[C@H](CO)NC(=O)OCc1ccc([N+](=O)[O-])cc1. The number of nitrogens with one attached hydrogen (secondary N) is 1. The van der Waals surface area contributed by atoms with Crippen LogP contribution in [0, 0.1) is 10.1 Å². The number of nitrogens with zero attached hydrogens (tertiary/aromatic N) is 1. The van der Waals surface area contributed by atoms with Crippen LogP contribution in [0.5, 0.6) is 0 Å². The molecule has 9 nitrogen and oxygen atoms in total. The van der Waals surface area contributed by atoms with Gasteiger partial charge in [-0.05, 0) is 17.7 Å². The summed E-state index contributed by atoms with van der Waals surface area (Å²) in [7, 11) is 1.12. The van der Waals surface area contributed by atoms with Gasteiger partial charge in [-0.25, -0.2) is 9.59 Å². The Kier molecular flexibility index (Phi) is 6.08. The molecule has 1 atom stereocenters. The second kappa shape index (κ2) is 7.80. The van der Waals surface area contributed by atoms with Crippen molar-refractivity contribution in [1.29, 1.82) is 0 Å². The molecule has 1 aromatic rings. The molecule has 0 heterocycles. The van der Waals surface area contributed by atoms with Gasteiger partial charge in [-0.1, -0.05) is 0 Å². The van der Waals surface area contributed by atoms with Crippen LogP contribution in [0.2, 0.25) is 0 Å². The molecule has 1 amide bonds. The number of hydrogen-bond donors (Lipinski definition) is 2. The number of non-ortho nitro benzene ring substituents is 1. The summed E-state index contributed by atoms with van der Waals surface area (Å²) in [5, 5.41) is 21.5. The zero-order valence-electron chi connectivity index (χ0n) is 11.1. The molecular weight excluding hydrogens is 284 g/mol. The Morgan fingerprint density at radius 3 is 2.48 bits per heavy atom. The summed E-state index contributed by atoms with van der Waals surface area (Å²) in [5.41, 5.74) is 0.462. The fourth-order valence-corrected chi connectivity index (χ4v) is 1.37. The lowest BCUT2D eigenvalue weighted by Crippen LogP contribution is -2.44. The summed E-state index contributed by atoms with van der Waals surface area (Å²) in [6, 6.07) is 4.23. The van der Waals surface area contributed by atoms with Crippen molar-refractivity contribution in [2.24, 2.45) is 0 Å². The van der Waals surface area contributed by atoms with E-state index < -0.39 is 29.6 Å². The molecule has 0 spiro atoms. The number of alkyl carbamates (subject to hydrolysis) is 1. The first-order valence-corrected chi connectivity index (χ1v) is 5.83. The highest BCUT2D eigenvalue weighted by atomic mass is 16.6. The number of esters is 1. The van der Waals surface area contributed by atoms with Gasteiger partial charge in [0.25, 0.3) is 5.69 Å². The second-order valence-corrected chi connectivity index (χ2v) is 3.90. The number of aliphatic hydroxyl groups is 1.